The summed E-state index contributed by atoms with van der Waals surface area (Å²) in [7, 11) is 1.34. The van der Waals surface area contributed by atoms with Crippen LogP contribution in [0.4, 0.5) is 11.4 Å². The summed E-state index contributed by atoms with van der Waals surface area (Å²) in [4.78, 5) is 17.1. The number of esters is 1. The van der Waals surface area contributed by atoms with Gasteiger partial charge >= 0.3 is 5.97 Å². The quantitative estimate of drug-likeness (QED) is 0.669. The first-order chi connectivity index (χ1) is 9.51. The van der Waals surface area contributed by atoms with Gasteiger partial charge in [0.15, 0.2) is 0 Å². The number of ether oxygens (including phenoxy) is 1. The van der Waals surface area contributed by atoms with Gasteiger partial charge in [-0.2, -0.15) is 0 Å². The SMILES string of the molecule is COC(=O)c1cc(NC(C)c2ncc(C)s2)ccc1N. The fourth-order valence-electron chi connectivity index (χ4n) is 1.82. The van der Waals surface area contributed by atoms with Gasteiger partial charge in [-0.1, -0.05) is 0 Å². The predicted octanol–water partition coefficient (Wildman–Crippen LogP) is 2.99. The molecule has 0 fully saturated rings. The van der Waals surface area contributed by atoms with E-state index in [-0.39, 0.29) is 6.04 Å². The van der Waals surface area contributed by atoms with Gasteiger partial charge in [0.2, 0.25) is 0 Å². The zero-order valence-electron chi connectivity index (χ0n) is 11.6. The van der Waals surface area contributed by atoms with Crippen LogP contribution >= 0.6 is 11.3 Å². The number of benzene rings is 1. The van der Waals surface area contributed by atoms with Gasteiger partial charge in [-0.3, -0.25) is 0 Å². The number of carbonyl (C=O) groups is 1. The second-order valence-electron chi connectivity index (χ2n) is 4.47. The topological polar surface area (TPSA) is 77.2 Å². The molecule has 0 saturated carbocycles. The molecule has 2 rings (SSSR count). The van der Waals surface area contributed by atoms with E-state index in [1.165, 1.54) is 12.0 Å². The lowest BCUT2D eigenvalue weighted by atomic mass is 10.1. The largest absolute Gasteiger partial charge is 0.465 e. The van der Waals surface area contributed by atoms with Crippen molar-refractivity contribution in [3.05, 3.63) is 39.8 Å². The molecule has 2 aromatic rings. The third kappa shape index (κ3) is 3.08. The van der Waals surface area contributed by atoms with Crippen LogP contribution in [0.15, 0.2) is 24.4 Å². The predicted molar refractivity (Wildman–Crippen MR) is 81.1 cm³/mol. The zero-order chi connectivity index (χ0) is 14.7. The van der Waals surface area contributed by atoms with Crippen LogP contribution in [0.3, 0.4) is 0 Å². The fraction of sp³-hybridized carbons (Fsp3) is 0.286. The highest BCUT2D eigenvalue weighted by Gasteiger charge is 2.13. The molecule has 0 bridgehead atoms. The second kappa shape index (κ2) is 5.92. The Morgan fingerprint density at radius 1 is 1.50 bits per heavy atom. The summed E-state index contributed by atoms with van der Waals surface area (Å²) in [5, 5.41) is 4.30. The first kappa shape index (κ1) is 14.3. The summed E-state index contributed by atoms with van der Waals surface area (Å²) in [6.07, 6.45) is 1.85. The lowest BCUT2D eigenvalue weighted by Crippen LogP contribution is -2.09. The van der Waals surface area contributed by atoms with E-state index in [1.807, 2.05) is 26.1 Å². The second-order valence-corrected chi connectivity index (χ2v) is 5.74. The normalized spacial score (nSPS) is 11.9. The van der Waals surface area contributed by atoms with Crippen molar-refractivity contribution in [3.63, 3.8) is 0 Å². The molecule has 0 aliphatic carbocycles. The van der Waals surface area contributed by atoms with Gasteiger partial charge in [0.25, 0.3) is 0 Å². The molecule has 1 heterocycles. The number of nitrogens with two attached hydrogens (primary N) is 1. The van der Waals surface area contributed by atoms with E-state index in [2.05, 4.69) is 10.3 Å². The Labute approximate surface area is 121 Å². The Bertz CT molecular complexity index is 625. The van der Waals surface area contributed by atoms with Crippen molar-refractivity contribution in [2.45, 2.75) is 19.9 Å². The number of nitrogens with one attached hydrogen (secondary N) is 1. The highest BCUT2D eigenvalue weighted by atomic mass is 32.1. The number of hydrogen-bond donors (Lipinski definition) is 2. The Kier molecular flexibility index (Phi) is 4.24. The van der Waals surface area contributed by atoms with Gasteiger partial charge in [-0.15, -0.1) is 11.3 Å². The van der Waals surface area contributed by atoms with Crippen molar-refractivity contribution in [3.8, 4) is 0 Å². The maximum atomic E-state index is 11.6. The van der Waals surface area contributed by atoms with Gasteiger partial charge in [0.1, 0.15) is 5.01 Å². The number of anilines is 2. The van der Waals surface area contributed by atoms with E-state index in [0.717, 1.165) is 10.7 Å². The molecule has 0 aliphatic rings. The van der Waals surface area contributed by atoms with Crippen molar-refractivity contribution in [1.82, 2.24) is 4.98 Å². The zero-order valence-corrected chi connectivity index (χ0v) is 12.5. The van der Waals surface area contributed by atoms with E-state index >= 15 is 0 Å². The molecule has 5 nitrogen and oxygen atoms in total. The Hall–Kier alpha value is -2.08. The van der Waals surface area contributed by atoms with Crippen molar-refractivity contribution < 1.29 is 9.53 Å². The molecule has 0 spiro atoms. The standard InChI is InChI=1S/C14H17N3O2S/c1-8-7-16-13(20-8)9(2)17-10-4-5-12(15)11(6-10)14(18)19-3/h4-7,9,17H,15H2,1-3H3. The van der Waals surface area contributed by atoms with Crippen LogP contribution in [-0.2, 0) is 4.74 Å². The van der Waals surface area contributed by atoms with Crippen LogP contribution < -0.4 is 11.1 Å². The average Bonchev–Trinajstić information content (AvgIpc) is 2.87. The number of hydrogen-bond acceptors (Lipinski definition) is 6. The van der Waals surface area contributed by atoms with Gasteiger partial charge in [-0.05, 0) is 32.0 Å². The lowest BCUT2D eigenvalue weighted by molar-refractivity contribution is 0.0602. The molecule has 1 aromatic heterocycles. The fourth-order valence-corrected chi connectivity index (χ4v) is 2.59. The van der Waals surface area contributed by atoms with Gasteiger partial charge in [0.05, 0.1) is 18.7 Å². The Morgan fingerprint density at radius 3 is 2.85 bits per heavy atom. The number of thiazole rings is 1. The summed E-state index contributed by atoms with van der Waals surface area (Å²) in [5.41, 5.74) is 7.34. The maximum absolute atomic E-state index is 11.6. The molecule has 0 saturated heterocycles. The molecule has 106 valence electrons. The molecule has 0 radical (unpaired) electrons. The molecular formula is C14H17N3O2S. The minimum absolute atomic E-state index is 0.0582. The van der Waals surface area contributed by atoms with Crippen LogP contribution in [0, 0.1) is 6.92 Å². The smallest absolute Gasteiger partial charge is 0.340 e. The van der Waals surface area contributed by atoms with E-state index in [1.54, 1.807) is 23.5 Å². The molecule has 3 N–H and O–H groups in total. The van der Waals surface area contributed by atoms with Crippen LogP contribution in [0.25, 0.3) is 0 Å². The van der Waals surface area contributed by atoms with Crippen LogP contribution in [0.2, 0.25) is 0 Å². The lowest BCUT2D eigenvalue weighted by Gasteiger charge is -2.14. The number of methoxy groups -OCH3 is 1. The van der Waals surface area contributed by atoms with E-state index in [0.29, 0.717) is 11.3 Å². The molecule has 20 heavy (non-hydrogen) atoms. The van der Waals surface area contributed by atoms with Crippen LogP contribution in [0.1, 0.15) is 33.2 Å². The summed E-state index contributed by atoms with van der Waals surface area (Å²) < 4.78 is 4.71. The van der Waals surface area contributed by atoms with Crippen molar-refractivity contribution >= 4 is 28.7 Å². The van der Waals surface area contributed by atoms with E-state index in [9.17, 15) is 4.79 Å². The van der Waals surface area contributed by atoms with E-state index < -0.39 is 5.97 Å². The number of aryl methyl sites for hydroxylation is 1. The third-order valence-electron chi connectivity index (χ3n) is 2.85. The minimum Gasteiger partial charge on any atom is -0.465 e. The first-order valence-electron chi connectivity index (χ1n) is 6.18. The summed E-state index contributed by atoms with van der Waals surface area (Å²) in [5.74, 6) is -0.441. The molecule has 0 amide bonds. The maximum Gasteiger partial charge on any atom is 0.340 e. The summed E-state index contributed by atoms with van der Waals surface area (Å²) >= 11 is 1.64. The number of aromatic nitrogens is 1. The summed E-state index contributed by atoms with van der Waals surface area (Å²) in [6, 6.07) is 5.27. The minimum atomic E-state index is -0.441. The monoisotopic (exact) mass is 291 g/mol. The Balaban J connectivity index is 2.19. The third-order valence-corrected chi connectivity index (χ3v) is 3.95. The highest BCUT2D eigenvalue weighted by molar-refractivity contribution is 7.11. The number of nitrogens with zero attached hydrogens (tertiary/aromatic N) is 1. The van der Waals surface area contributed by atoms with Crippen molar-refractivity contribution in [2.75, 3.05) is 18.2 Å². The highest BCUT2D eigenvalue weighted by Crippen LogP contribution is 2.25. The van der Waals surface area contributed by atoms with Crippen molar-refractivity contribution in [2.24, 2.45) is 0 Å². The molecule has 1 aromatic carbocycles. The van der Waals surface area contributed by atoms with Gasteiger partial charge < -0.3 is 15.8 Å². The van der Waals surface area contributed by atoms with Crippen molar-refractivity contribution in [1.29, 1.82) is 0 Å². The van der Waals surface area contributed by atoms with E-state index in [4.69, 9.17) is 10.5 Å². The molecule has 1 unspecified atom stereocenters. The van der Waals surface area contributed by atoms with Crippen LogP contribution in [0.5, 0.6) is 0 Å². The molecular weight excluding hydrogens is 274 g/mol. The number of carbonyl (C=O) groups excluding carboxylic acids is 1. The molecule has 0 aliphatic heterocycles. The number of nitrogen functional groups attached to an aromatic ring is 1. The van der Waals surface area contributed by atoms with Crippen LogP contribution in [-0.4, -0.2) is 18.1 Å². The van der Waals surface area contributed by atoms with Gasteiger partial charge in [-0.25, -0.2) is 9.78 Å². The van der Waals surface area contributed by atoms with Gasteiger partial charge in [0, 0.05) is 22.4 Å². The first-order valence-corrected chi connectivity index (χ1v) is 6.99. The number of rotatable bonds is 4. The Morgan fingerprint density at radius 2 is 2.25 bits per heavy atom. The molecule has 6 heteroatoms. The average molecular weight is 291 g/mol. The molecule has 1 atom stereocenters. The summed E-state index contributed by atoms with van der Waals surface area (Å²) in [6.45, 7) is 4.04.